The van der Waals surface area contributed by atoms with Crippen molar-refractivity contribution in [1.82, 2.24) is 0 Å². The van der Waals surface area contributed by atoms with Crippen LogP contribution in [0.5, 0.6) is 0 Å². The molecule has 1 aliphatic heterocycles. The number of ketones is 3. The molecule has 4 nitrogen and oxygen atoms in total. The summed E-state index contributed by atoms with van der Waals surface area (Å²) in [5.41, 5.74) is 0.883. The zero-order valence-electron chi connectivity index (χ0n) is 16.9. The SMILES string of the molecule is CC1(C)CC(=O)C2=C(C1)OC1=C(C(=O)CC(C)(C)C1)C2C(=O)c1ccccc1. The van der Waals surface area contributed by atoms with Crippen molar-refractivity contribution in [3.63, 3.8) is 0 Å². The van der Waals surface area contributed by atoms with Crippen molar-refractivity contribution >= 4 is 17.3 Å². The van der Waals surface area contributed by atoms with Crippen LogP contribution in [0.3, 0.4) is 0 Å². The molecule has 0 radical (unpaired) electrons. The van der Waals surface area contributed by atoms with Gasteiger partial charge in [0.1, 0.15) is 11.5 Å². The van der Waals surface area contributed by atoms with Gasteiger partial charge in [-0.2, -0.15) is 0 Å². The van der Waals surface area contributed by atoms with Gasteiger partial charge in [0.05, 0.1) is 5.92 Å². The van der Waals surface area contributed by atoms with E-state index in [1.807, 2.05) is 33.8 Å². The second-order valence-electron chi connectivity index (χ2n) is 9.82. The highest BCUT2D eigenvalue weighted by Crippen LogP contribution is 2.50. The van der Waals surface area contributed by atoms with Crippen molar-refractivity contribution in [1.29, 1.82) is 0 Å². The van der Waals surface area contributed by atoms with E-state index in [-0.39, 0.29) is 28.2 Å². The van der Waals surface area contributed by atoms with Gasteiger partial charge in [-0.15, -0.1) is 0 Å². The van der Waals surface area contributed by atoms with E-state index in [1.165, 1.54) is 0 Å². The predicted octanol–water partition coefficient (Wildman–Crippen LogP) is 4.80. The molecule has 1 heterocycles. The van der Waals surface area contributed by atoms with Crippen molar-refractivity contribution in [2.45, 2.75) is 53.4 Å². The Morgan fingerprint density at radius 2 is 1.29 bits per heavy atom. The van der Waals surface area contributed by atoms with Gasteiger partial charge in [0.25, 0.3) is 0 Å². The molecule has 0 unspecified atom stereocenters. The molecule has 0 bridgehead atoms. The maximum Gasteiger partial charge on any atom is 0.175 e. The largest absolute Gasteiger partial charge is 0.465 e. The van der Waals surface area contributed by atoms with Gasteiger partial charge in [0.2, 0.25) is 0 Å². The predicted molar refractivity (Wildman–Crippen MR) is 105 cm³/mol. The normalized spacial score (nSPS) is 23.9. The molecule has 0 fully saturated rings. The molecule has 146 valence electrons. The molecule has 1 aromatic carbocycles. The first-order chi connectivity index (χ1) is 13.1. The second-order valence-corrected chi connectivity index (χ2v) is 9.82. The van der Waals surface area contributed by atoms with Crippen molar-refractivity contribution in [2.24, 2.45) is 16.7 Å². The first kappa shape index (κ1) is 18.9. The van der Waals surface area contributed by atoms with E-state index < -0.39 is 5.92 Å². The van der Waals surface area contributed by atoms with Gasteiger partial charge in [0, 0.05) is 42.4 Å². The van der Waals surface area contributed by atoms with Crippen molar-refractivity contribution in [3.8, 4) is 0 Å². The number of benzene rings is 1. The lowest BCUT2D eigenvalue weighted by Crippen LogP contribution is -2.41. The Kier molecular flexibility index (Phi) is 4.22. The first-order valence-electron chi connectivity index (χ1n) is 9.88. The van der Waals surface area contributed by atoms with Gasteiger partial charge in [-0.1, -0.05) is 58.0 Å². The number of rotatable bonds is 2. The van der Waals surface area contributed by atoms with Gasteiger partial charge in [-0.05, 0) is 10.8 Å². The molecule has 4 heteroatoms. The van der Waals surface area contributed by atoms with Gasteiger partial charge in [-0.25, -0.2) is 0 Å². The summed E-state index contributed by atoms with van der Waals surface area (Å²) >= 11 is 0. The Bertz CT molecular complexity index is 892. The number of carbonyl (C=O) groups is 3. The maximum atomic E-state index is 13.5. The fourth-order valence-corrected chi connectivity index (χ4v) is 4.71. The number of carbonyl (C=O) groups excluding carboxylic acids is 3. The van der Waals surface area contributed by atoms with Crippen LogP contribution >= 0.6 is 0 Å². The molecular formula is C24H26O4. The zero-order valence-corrected chi connectivity index (χ0v) is 16.9. The standard InChI is InChI=1S/C24H26O4/c1-23(2)10-15(25)19-17(12-23)28-18-13-24(3,4)11-16(26)20(18)21(19)22(27)14-8-6-5-7-9-14/h5-9,21H,10-13H2,1-4H3. The maximum absolute atomic E-state index is 13.5. The van der Waals surface area contributed by atoms with Crippen molar-refractivity contribution < 1.29 is 19.1 Å². The van der Waals surface area contributed by atoms with Crippen molar-refractivity contribution in [3.05, 3.63) is 58.6 Å². The molecule has 0 atom stereocenters. The average molecular weight is 378 g/mol. The highest BCUT2D eigenvalue weighted by Gasteiger charge is 2.49. The zero-order chi connectivity index (χ0) is 20.3. The first-order valence-corrected chi connectivity index (χ1v) is 9.88. The third-order valence-electron chi connectivity index (χ3n) is 5.90. The van der Waals surface area contributed by atoms with Gasteiger partial charge < -0.3 is 4.74 Å². The summed E-state index contributed by atoms with van der Waals surface area (Å²) in [5.74, 6) is -0.0210. The van der Waals surface area contributed by atoms with Crippen LogP contribution in [-0.4, -0.2) is 17.3 Å². The molecule has 3 aliphatic rings. The Morgan fingerprint density at radius 1 is 0.821 bits per heavy atom. The topological polar surface area (TPSA) is 60.4 Å². The fourth-order valence-electron chi connectivity index (χ4n) is 4.71. The number of hydrogen-bond acceptors (Lipinski definition) is 4. The lowest BCUT2D eigenvalue weighted by atomic mass is 9.65. The van der Waals surface area contributed by atoms with Crippen LogP contribution in [0, 0.1) is 16.7 Å². The Labute approximate surface area is 165 Å². The third-order valence-corrected chi connectivity index (χ3v) is 5.90. The lowest BCUT2D eigenvalue weighted by molar-refractivity contribution is -0.120. The van der Waals surface area contributed by atoms with E-state index in [0.717, 1.165) is 0 Å². The van der Waals surface area contributed by atoms with Gasteiger partial charge in [0.15, 0.2) is 17.3 Å². The highest BCUT2D eigenvalue weighted by atomic mass is 16.5. The number of hydrogen-bond donors (Lipinski definition) is 0. The van der Waals surface area contributed by atoms with Crippen LogP contribution < -0.4 is 0 Å². The molecule has 0 aromatic heterocycles. The Balaban J connectivity index is 1.88. The molecule has 0 N–H and O–H groups in total. The summed E-state index contributed by atoms with van der Waals surface area (Å²) in [6.45, 7) is 8.13. The quantitative estimate of drug-likeness (QED) is 0.694. The molecule has 0 spiro atoms. The summed E-state index contributed by atoms with van der Waals surface area (Å²) in [6, 6.07) is 8.93. The van der Waals surface area contributed by atoms with E-state index in [9.17, 15) is 14.4 Å². The summed E-state index contributed by atoms with van der Waals surface area (Å²) < 4.78 is 6.19. The van der Waals surface area contributed by atoms with Crippen LogP contribution in [0.1, 0.15) is 63.7 Å². The van der Waals surface area contributed by atoms with E-state index in [1.54, 1.807) is 24.3 Å². The second kappa shape index (κ2) is 6.26. The Morgan fingerprint density at radius 3 is 1.75 bits per heavy atom. The van der Waals surface area contributed by atoms with Crippen LogP contribution in [0.25, 0.3) is 0 Å². The summed E-state index contributed by atoms with van der Waals surface area (Å²) in [5, 5.41) is 0. The van der Waals surface area contributed by atoms with E-state index in [2.05, 4.69) is 0 Å². The molecule has 2 aliphatic carbocycles. The number of Topliss-reactive ketones (excluding diaryl/α,β-unsaturated/α-hetero) is 3. The average Bonchev–Trinajstić information content (AvgIpc) is 2.57. The summed E-state index contributed by atoms with van der Waals surface area (Å²) in [7, 11) is 0. The minimum absolute atomic E-state index is 0.0790. The van der Waals surface area contributed by atoms with Crippen LogP contribution in [-0.2, 0) is 14.3 Å². The third kappa shape index (κ3) is 3.15. The molecule has 1 aromatic rings. The number of allylic oxidation sites excluding steroid dienone is 4. The van der Waals surface area contributed by atoms with E-state index in [4.69, 9.17) is 4.74 Å². The lowest BCUT2D eigenvalue weighted by Gasteiger charge is -2.42. The summed E-state index contributed by atoms with van der Waals surface area (Å²) in [4.78, 5) is 39.6. The molecule has 0 saturated carbocycles. The van der Waals surface area contributed by atoms with Crippen molar-refractivity contribution in [2.75, 3.05) is 0 Å². The van der Waals surface area contributed by atoms with Gasteiger partial charge in [-0.3, -0.25) is 14.4 Å². The minimum Gasteiger partial charge on any atom is -0.465 e. The molecular weight excluding hydrogens is 352 g/mol. The fraction of sp³-hybridized carbons (Fsp3) is 0.458. The molecule has 28 heavy (non-hydrogen) atoms. The summed E-state index contributed by atoms with van der Waals surface area (Å²) in [6.07, 6.45) is 1.90. The van der Waals surface area contributed by atoms with E-state index in [0.29, 0.717) is 53.9 Å². The molecule has 0 saturated heterocycles. The number of ether oxygens (including phenoxy) is 1. The highest BCUT2D eigenvalue weighted by molar-refractivity contribution is 6.15. The smallest absolute Gasteiger partial charge is 0.175 e. The minimum atomic E-state index is -0.839. The van der Waals surface area contributed by atoms with Gasteiger partial charge >= 0.3 is 0 Å². The monoisotopic (exact) mass is 378 g/mol. The van der Waals surface area contributed by atoms with Crippen LogP contribution in [0.2, 0.25) is 0 Å². The molecule has 4 rings (SSSR count). The van der Waals surface area contributed by atoms with E-state index >= 15 is 0 Å². The molecule has 0 amide bonds. The Hall–Kier alpha value is -2.49. The van der Waals surface area contributed by atoms with Crippen LogP contribution in [0.4, 0.5) is 0 Å². The van der Waals surface area contributed by atoms with Crippen LogP contribution in [0.15, 0.2) is 53.0 Å².